The van der Waals surface area contributed by atoms with Gasteiger partial charge >= 0.3 is 0 Å². The van der Waals surface area contributed by atoms with E-state index in [1.807, 2.05) is 47.1 Å². The standard InChI is InChI=1S/C41H46FN7O4/c1-25-29(8-6-9-30(25)34-19-43-35(39(45-34)52-4)20-46-14-16-47(17-15-46)26(2)50)31-10-7-11-32(38(31)42)33-18-28-12-13-36(37(28)40(44-33)53-5)49-23-41(24-49)21-48(22-41)27(3)51/h6-11,18-19,36H,12-17,20-24H2,1-5H3/t36-/m0/s1. The third-order valence-electron chi connectivity index (χ3n) is 11.7. The largest absolute Gasteiger partial charge is 0.481 e. The maximum absolute atomic E-state index is 16.7. The van der Waals surface area contributed by atoms with Gasteiger partial charge in [0, 0.05) is 106 Å². The summed E-state index contributed by atoms with van der Waals surface area (Å²) in [4.78, 5) is 46.5. The van der Waals surface area contributed by atoms with Gasteiger partial charge in [-0.25, -0.2) is 14.4 Å². The second-order valence-electron chi connectivity index (χ2n) is 15.1. The molecule has 0 radical (unpaired) electrons. The Kier molecular flexibility index (Phi) is 9.14. The number of hydrogen-bond acceptors (Lipinski definition) is 9. The first kappa shape index (κ1) is 35.1. The van der Waals surface area contributed by atoms with Crippen LogP contribution in [0.5, 0.6) is 11.8 Å². The third kappa shape index (κ3) is 6.31. The van der Waals surface area contributed by atoms with E-state index < -0.39 is 0 Å². The van der Waals surface area contributed by atoms with Crippen LogP contribution < -0.4 is 9.47 Å². The van der Waals surface area contributed by atoms with E-state index in [0.29, 0.717) is 53.9 Å². The van der Waals surface area contributed by atoms with Crippen LogP contribution in [0.2, 0.25) is 0 Å². The van der Waals surface area contributed by atoms with Crippen molar-refractivity contribution in [2.75, 3.05) is 66.6 Å². The van der Waals surface area contributed by atoms with Crippen LogP contribution in [0.25, 0.3) is 33.6 Å². The lowest BCUT2D eigenvalue weighted by Gasteiger charge is -2.61. The fraction of sp³-hybridized carbons (Fsp3) is 0.439. The van der Waals surface area contributed by atoms with Crippen molar-refractivity contribution < 1.29 is 23.5 Å². The molecule has 0 saturated carbocycles. The highest BCUT2D eigenvalue weighted by Crippen LogP contribution is 2.50. The number of piperazine rings is 1. The lowest BCUT2D eigenvalue weighted by molar-refractivity contribution is -0.161. The van der Waals surface area contributed by atoms with E-state index >= 15 is 4.39 Å². The van der Waals surface area contributed by atoms with E-state index in [1.165, 1.54) is 0 Å². The third-order valence-corrected chi connectivity index (χ3v) is 11.7. The van der Waals surface area contributed by atoms with E-state index in [1.54, 1.807) is 46.4 Å². The Morgan fingerprint density at radius 3 is 2.15 bits per heavy atom. The number of nitrogens with zero attached hydrogens (tertiary/aromatic N) is 7. The fourth-order valence-corrected chi connectivity index (χ4v) is 8.84. The summed E-state index contributed by atoms with van der Waals surface area (Å²) in [5, 5.41) is 0. The van der Waals surface area contributed by atoms with Gasteiger partial charge in [-0.2, -0.15) is 0 Å². The zero-order valence-corrected chi connectivity index (χ0v) is 31.1. The number of pyridine rings is 1. The molecular weight excluding hydrogens is 673 g/mol. The van der Waals surface area contributed by atoms with Crippen molar-refractivity contribution in [3.8, 4) is 45.4 Å². The molecule has 2 amide bonds. The fourth-order valence-electron chi connectivity index (χ4n) is 8.84. The summed E-state index contributed by atoms with van der Waals surface area (Å²) in [6.45, 7) is 12.3. The SMILES string of the molecule is COc1nc(-c2cccc(-c3cccc(-c4cc5c(c(OC)n4)[C@@H](N4CC6(CN(C(C)=O)C6)C4)CC5)c3F)c2C)cnc1CN1CCN(C(C)=O)CC1. The van der Waals surface area contributed by atoms with Crippen LogP contribution in [0.4, 0.5) is 4.39 Å². The maximum atomic E-state index is 16.7. The first-order valence-corrected chi connectivity index (χ1v) is 18.4. The summed E-state index contributed by atoms with van der Waals surface area (Å²) >= 11 is 0. The highest BCUT2D eigenvalue weighted by atomic mass is 19.1. The summed E-state index contributed by atoms with van der Waals surface area (Å²) in [5.74, 6) is 0.902. The van der Waals surface area contributed by atoms with Crippen molar-refractivity contribution in [3.63, 3.8) is 0 Å². The van der Waals surface area contributed by atoms with Crippen LogP contribution in [0.1, 0.15) is 48.7 Å². The molecule has 1 aliphatic carbocycles. The van der Waals surface area contributed by atoms with Gasteiger partial charge in [0.25, 0.3) is 0 Å². The molecule has 0 unspecified atom stereocenters. The number of aromatic nitrogens is 3. The number of aryl methyl sites for hydroxylation is 1. The second-order valence-corrected chi connectivity index (χ2v) is 15.1. The number of methoxy groups -OCH3 is 2. The summed E-state index contributed by atoms with van der Waals surface area (Å²) in [7, 11) is 3.23. The van der Waals surface area contributed by atoms with Crippen LogP contribution in [0.15, 0.2) is 48.7 Å². The highest BCUT2D eigenvalue weighted by molar-refractivity contribution is 5.80. The van der Waals surface area contributed by atoms with Crippen LogP contribution >= 0.6 is 0 Å². The molecule has 8 rings (SSSR count). The van der Waals surface area contributed by atoms with E-state index in [2.05, 4.69) is 9.80 Å². The number of halogens is 1. The smallest absolute Gasteiger partial charge is 0.237 e. The molecule has 4 aliphatic rings. The predicted octanol–water partition coefficient (Wildman–Crippen LogP) is 5.15. The number of carbonyl (C=O) groups excluding carboxylic acids is 2. The van der Waals surface area contributed by atoms with Crippen molar-refractivity contribution in [1.82, 2.24) is 34.6 Å². The van der Waals surface area contributed by atoms with Gasteiger partial charge < -0.3 is 19.3 Å². The Morgan fingerprint density at radius 1 is 0.830 bits per heavy atom. The van der Waals surface area contributed by atoms with Gasteiger partial charge in [-0.1, -0.05) is 30.3 Å². The average molecular weight is 720 g/mol. The number of benzene rings is 2. The number of rotatable bonds is 8. The maximum Gasteiger partial charge on any atom is 0.237 e. The van der Waals surface area contributed by atoms with Gasteiger partial charge in [0.15, 0.2) is 0 Å². The van der Waals surface area contributed by atoms with E-state index in [4.69, 9.17) is 24.4 Å². The number of hydrogen-bond donors (Lipinski definition) is 0. The normalized spacial score (nSPS) is 19.5. The molecule has 1 spiro atoms. The molecule has 4 aromatic rings. The highest BCUT2D eigenvalue weighted by Gasteiger charge is 2.55. The van der Waals surface area contributed by atoms with Gasteiger partial charge in [0.1, 0.15) is 11.5 Å². The lowest BCUT2D eigenvalue weighted by Crippen LogP contribution is -2.72. The summed E-state index contributed by atoms with van der Waals surface area (Å²) < 4.78 is 28.3. The Morgan fingerprint density at radius 2 is 1.47 bits per heavy atom. The summed E-state index contributed by atoms with van der Waals surface area (Å²) in [6.07, 6.45) is 3.59. The minimum Gasteiger partial charge on any atom is -0.481 e. The van der Waals surface area contributed by atoms with Crippen molar-refractivity contribution in [1.29, 1.82) is 0 Å². The molecule has 2 aromatic heterocycles. The van der Waals surface area contributed by atoms with Crippen LogP contribution in [0, 0.1) is 18.2 Å². The van der Waals surface area contributed by atoms with E-state index in [0.717, 1.165) is 85.6 Å². The molecule has 276 valence electrons. The Bertz CT molecular complexity index is 2090. The zero-order valence-electron chi connectivity index (χ0n) is 31.1. The van der Waals surface area contributed by atoms with E-state index in [-0.39, 0.29) is 29.1 Å². The second kappa shape index (κ2) is 13.8. The first-order valence-electron chi connectivity index (χ1n) is 18.4. The van der Waals surface area contributed by atoms with Crippen molar-refractivity contribution in [2.45, 2.75) is 46.2 Å². The number of carbonyl (C=O) groups is 2. The number of ether oxygens (including phenoxy) is 2. The van der Waals surface area contributed by atoms with Crippen molar-refractivity contribution in [3.05, 3.63) is 76.9 Å². The molecule has 3 aliphatic heterocycles. The topological polar surface area (TPSA) is 104 Å². The zero-order chi connectivity index (χ0) is 37.0. The average Bonchev–Trinajstić information content (AvgIpc) is 3.54. The first-order chi connectivity index (χ1) is 25.6. The summed E-state index contributed by atoms with van der Waals surface area (Å²) in [6, 6.07) is 13.5. The van der Waals surface area contributed by atoms with Crippen LogP contribution in [-0.4, -0.2) is 113 Å². The monoisotopic (exact) mass is 719 g/mol. The van der Waals surface area contributed by atoms with Gasteiger partial charge in [0.2, 0.25) is 23.6 Å². The Hall–Kier alpha value is -4.94. The van der Waals surface area contributed by atoms with Crippen molar-refractivity contribution >= 4 is 11.8 Å². The van der Waals surface area contributed by atoms with Crippen LogP contribution in [-0.2, 0) is 22.6 Å². The summed E-state index contributed by atoms with van der Waals surface area (Å²) in [5.41, 5.74) is 7.77. The number of amides is 2. The van der Waals surface area contributed by atoms with Gasteiger partial charge in [0.05, 0.1) is 31.8 Å². The minimum atomic E-state index is -0.342. The molecule has 12 heteroatoms. The Balaban J connectivity index is 1.04. The molecule has 3 saturated heterocycles. The molecule has 53 heavy (non-hydrogen) atoms. The number of fused-ring (bicyclic) bond motifs is 1. The molecule has 3 fully saturated rings. The molecular formula is C41H46FN7O4. The molecule has 2 aromatic carbocycles. The van der Waals surface area contributed by atoms with Gasteiger partial charge in [-0.3, -0.25) is 24.4 Å². The quantitative estimate of drug-likeness (QED) is 0.245. The minimum absolute atomic E-state index is 0.0964. The molecule has 5 heterocycles. The molecule has 11 nitrogen and oxygen atoms in total. The van der Waals surface area contributed by atoms with Gasteiger partial charge in [-0.05, 0) is 48.6 Å². The van der Waals surface area contributed by atoms with Gasteiger partial charge in [-0.15, -0.1) is 0 Å². The van der Waals surface area contributed by atoms with E-state index in [9.17, 15) is 9.59 Å². The Labute approximate surface area is 309 Å². The van der Waals surface area contributed by atoms with Crippen molar-refractivity contribution in [2.24, 2.45) is 5.41 Å². The van der Waals surface area contributed by atoms with Crippen LogP contribution in [0.3, 0.4) is 0 Å². The molecule has 0 N–H and O–H groups in total. The molecule has 0 bridgehead atoms. The lowest BCUT2D eigenvalue weighted by atomic mass is 9.72. The molecule has 1 atom stereocenters. The number of likely N-dealkylation sites (tertiary alicyclic amines) is 2. The predicted molar refractivity (Wildman–Crippen MR) is 199 cm³/mol.